The molecule has 0 aliphatic carbocycles. The highest BCUT2D eigenvalue weighted by Crippen LogP contribution is 2.07. The van der Waals surface area contributed by atoms with Crippen LogP contribution < -0.4 is 10.6 Å². The highest BCUT2D eigenvalue weighted by atomic mass is 16.4. The van der Waals surface area contributed by atoms with Crippen LogP contribution in [-0.4, -0.2) is 29.7 Å². The molecule has 0 spiro atoms. The van der Waals surface area contributed by atoms with E-state index in [1.807, 2.05) is 13.8 Å². The fraction of sp³-hybridized carbons (Fsp3) is 0.833. The third kappa shape index (κ3) is 6.81. The number of carboxylic acid groups (broad SMARTS) is 1. The number of amides is 2. The molecule has 0 fully saturated rings. The molecule has 0 bridgehead atoms. The molecule has 5 nitrogen and oxygen atoms in total. The molecule has 0 radical (unpaired) electrons. The lowest BCUT2D eigenvalue weighted by Crippen LogP contribution is -2.47. The maximum atomic E-state index is 11.5. The predicted octanol–water partition coefficient (Wildman–Crippen LogP) is 1.83. The SMILES string of the molecule is CCC[C@H](NC(=O)NCC(C)C(C)C)C(=O)O. The average Bonchev–Trinajstić information content (AvgIpc) is 2.24. The summed E-state index contributed by atoms with van der Waals surface area (Å²) in [4.78, 5) is 22.3. The fourth-order valence-corrected chi connectivity index (χ4v) is 1.24. The first kappa shape index (κ1) is 15.7. The third-order valence-electron chi connectivity index (χ3n) is 2.90. The van der Waals surface area contributed by atoms with Crippen molar-refractivity contribution in [2.24, 2.45) is 11.8 Å². The lowest BCUT2D eigenvalue weighted by atomic mass is 9.98. The zero-order valence-corrected chi connectivity index (χ0v) is 11.1. The molecule has 17 heavy (non-hydrogen) atoms. The van der Waals surface area contributed by atoms with E-state index in [1.165, 1.54) is 0 Å². The van der Waals surface area contributed by atoms with Gasteiger partial charge in [0.2, 0.25) is 0 Å². The summed E-state index contributed by atoms with van der Waals surface area (Å²) >= 11 is 0. The summed E-state index contributed by atoms with van der Waals surface area (Å²) in [6.45, 7) is 8.66. The number of hydrogen-bond acceptors (Lipinski definition) is 2. The van der Waals surface area contributed by atoms with Gasteiger partial charge in [-0.05, 0) is 18.3 Å². The standard InChI is InChI=1S/C12H24N2O3/c1-5-6-10(11(15)16)14-12(17)13-7-9(4)8(2)3/h8-10H,5-7H2,1-4H3,(H,15,16)(H2,13,14,17)/t9?,10-/m0/s1. The van der Waals surface area contributed by atoms with Gasteiger partial charge in [-0.1, -0.05) is 34.1 Å². The summed E-state index contributed by atoms with van der Waals surface area (Å²) in [5.74, 6) is -0.129. The lowest BCUT2D eigenvalue weighted by Gasteiger charge is -2.18. The van der Waals surface area contributed by atoms with E-state index in [1.54, 1.807) is 0 Å². The zero-order chi connectivity index (χ0) is 13.4. The van der Waals surface area contributed by atoms with Crippen LogP contribution >= 0.6 is 0 Å². The van der Waals surface area contributed by atoms with E-state index < -0.39 is 18.0 Å². The summed E-state index contributed by atoms with van der Waals surface area (Å²) in [6.07, 6.45) is 1.17. The van der Waals surface area contributed by atoms with Gasteiger partial charge in [-0.15, -0.1) is 0 Å². The number of carbonyl (C=O) groups is 2. The third-order valence-corrected chi connectivity index (χ3v) is 2.90. The molecule has 100 valence electrons. The number of rotatable bonds is 7. The summed E-state index contributed by atoms with van der Waals surface area (Å²) in [7, 11) is 0. The van der Waals surface area contributed by atoms with Crippen molar-refractivity contribution in [1.29, 1.82) is 0 Å². The fourth-order valence-electron chi connectivity index (χ4n) is 1.24. The molecule has 0 heterocycles. The van der Waals surface area contributed by atoms with E-state index in [4.69, 9.17) is 5.11 Å². The number of carbonyl (C=O) groups excluding carboxylic acids is 1. The van der Waals surface area contributed by atoms with Crippen molar-refractivity contribution in [1.82, 2.24) is 10.6 Å². The van der Waals surface area contributed by atoms with Crippen LogP contribution in [0.1, 0.15) is 40.5 Å². The maximum absolute atomic E-state index is 11.5. The van der Waals surface area contributed by atoms with Gasteiger partial charge >= 0.3 is 12.0 Å². The van der Waals surface area contributed by atoms with Crippen molar-refractivity contribution in [2.75, 3.05) is 6.54 Å². The van der Waals surface area contributed by atoms with E-state index in [0.29, 0.717) is 24.8 Å². The summed E-state index contributed by atoms with van der Waals surface area (Å²) in [5, 5.41) is 14.0. The Balaban J connectivity index is 4.02. The number of carboxylic acids is 1. The van der Waals surface area contributed by atoms with Gasteiger partial charge in [0.15, 0.2) is 0 Å². The van der Waals surface area contributed by atoms with Gasteiger partial charge in [-0.3, -0.25) is 0 Å². The Labute approximate surface area is 103 Å². The number of nitrogens with one attached hydrogen (secondary N) is 2. The van der Waals surface area contributed by atoms with Crippen molar-refractivity contribution in [3.05, 3.63) is 0 Å². The summed E-state index contributed by atoms with van der Waals surface area (Å²) in [6, 6.07) is -1.20. The van der Waals surface area contributed by atoms with Crippen LogP contribution in [0, 0.1) is 11.8 Å². The van der Waals surface area contributed by atoms with Crippen LogP contribution in [0.3, 0.4) is 0 Å². The van der Waals surface area contributed by atoms with Crippen molar-refractivity contribution >= 4 is 12.0 Å². The van der Waals surface area contributed by atoms with Crippen LogP contribution in [0.25, 0.3) is 0 Å². The van der Waals surface area contributed by atoms with E-state index in [-0.39, 0.29) is 0 Å². The van der Waals surface area contributed by atoms with Gasteiger partial charge in [-0.25, -0.2) is 9.59 Å². The lowest BCUT2D eigenvalue weighted by molar-refractivity contribution is -0.139. The van der Waals surface area contributed by atoms with Gasteiger partial charge in [-0.2, -0.15) is 0 Å². The molecular formula is C12H24N2O3. The second kappa shape index (κ2) is 7.92. The second-order valence-electron chi connectivity index (χ2n) is 4.76. The highest BCUT2D eigenvalue weighted by Gasteiger charge is 2.18. The quantitative estimate of drug-likeness (QED) is 0.639. The average molecular weight is 244 g/mol. The van der Waals surface area contributed by atoms with E-state index in [2.05, 4.69) is 24.5 Å². The van der Waals surface area contributed by atoms with Crippen LogP contribution in [0.2, 0.25) is 0 Å². The van der Waals surface area contributed by atoms with Crippen molar-refractivity contribution < 1.29 is 14.7 Å². The Kier molecular flexibility index (Phi) is 7.34. The molecule has 1 unspecified atom stereocenters. The Morgan fingerprint density at radius 2 is 1.82 bits per heavy atom. The minimum Gasteiger partial charge on any atom is -0.480 e. The molecule has 0 saturated carbocycles. The minimum atomic E-state index is -0.987. The van der Waals surface area contributed by atoms with Crippen LogP contribution in [-0.2, 0) is 4.79 Å². The first-order valence-electron chi connectivity index (χ1n) is 6.15. The molecule has 0 aliphatic rings. The van der Waals surface area contributed by atoms with Gasteiger partial charge in [0.25, 0.3) is 0 Å². The summed E-state index contributed by atoms with van der Waals surface area (Å²) in [5.41, 5.74) is 0. The van der Waals surface area contributed by atoms with E-state index >= 15 is 0 Å². The second-order valence-corrected chi connectivity index (χ2v) is 4.76. The highest BCUT2D eigenvalue weighted by molar-refractivity contribution is 5.82. The van der Waals surface area contributed by atoms with Gasteiger partial charge in [0.05, 0.1) is 0 Å². The van der Waals surface area contributed by atoms with E-state index in [0.717, 1.165) is 6.42 Å². The zero-order valence-electron chi connectivity index (χ0n) is 11.1. The molecule has 0 saturated heterocycles. The predicted molar refractivity (Wildman–Crippen MR) is 66.9 cm³/mol. The van der Waals surface area contributed by atoms with Crippen molar-refractivity contribution in [3.8, 4) is 0 Å². The first-order chi connectivity index (χ1) is 7.88. The van der Waals surface area contributed by atoms with Gasteiger partial charge in [0, 0.05) is 6.54 Å². The molecule has 0 aliphatic heterocycles. The number of aliphatic carboxylic acids is 1. The minimum absolute atomic E-state index is 0.371. The molecular weight excluding hydrogens is 220 g/mol. The smallest absolute Gasteiger partial charge is 0.326 e. The number of urea groups is 1. The van der Waals surface area contributed by atoms with Crippen LogP contribution in [0.5, 0.6) is 0 Å². The normalized spacial score (nSPS) is 14.2. The van der Waals surface area contributed by atoms with Crippen molar-refractivity contribution in [3.63, 3.8) is 0 Å². The monoisotopic (exact) mass is 244 g/mol. The molecule has 0 aromatic carbocycles. The first-order valence-corrected chi connectivity index (χ1v) is 6.15. The Morgan fingerprint density at radius 3 is 2.24 bits per heavy atom. The molecule has 5 heteroatoms. The summed E-state index contributed by atoms with van der Waals surface area (Å²) < 4.78 is 0. The molecule has 3 N–H and O–H groups in total. The van der Waals surface area contributed by atoms with Gasteiger partial charge in [0.1, 0.15) is 6.04 Å². The largest absolute Gasteiger partial charge is 0.480 e. The van der Waals surface area contributed by atoms with Crippen molar-refractivity contribution in [2.45, 2.75) is 46.6 Å². The van der Waals surface area contributed by atoms with Crippen LogP contribution in [0.4, 0.5) is 4.79 Å². The van der Waals surface area contributed by atoms with Crippen LogP contribution in [0.15, 0.2) is 0 Å². The molecule has 2 amide bonds. The maximum Gasteiger partial charge on any atom is 0.326 e. The Morgan fingerprint density at radius 1 is 1.24 bits per heavy atom. The Bertz CT molecular complexity index is 254. The molecule has 0 rings (SSSR count). The number of hydrogen-bond donors (Lipinski definition) is 3. The topological polar surface area (TPSA) is 78.4 Å². The molecule has 0 aromatic rings. The Hall–Kier alpha value is -1.26. The molecule has 2 atom stereocenters. The molecule has 0 aromatic heterocycles. The van der Waals surface area contributed by atoms with E-state index in [9.17, 15) is 9.59 Å². The van der Waals surface area contributed by atoms with Gasteiger partial charge < -0.3 is 15.7 Å².